The van der Waals surface area contributed by atoms with Gasteiger partial charge in [-0.05, 0) is 0 Å². The summed E-state index contributed by atoms with van der Waals surface area (Å²) in [5, 5.41) is 21.0. The number of carboxylic acid groups (broad SMARTS) is 1. The highest BCUT2D eigenvalue weighted by molar-refractivity contribution is 7.13. The number of hydrogen-bond acceptors (Lipinski definition) is 5. The van der Waals surface area contributed by atoms with Crippen LogP contribution in [-0.4, -0.2) is 22.0 Å². The van der Waals surface area contributed by atoms with E-state index in [0.29, 0.717) is 10.8 Å². The molecule has 0 saturated carbocycles. The van der Waals surface area contributed by atoms with E-state index in [1.54, 1.807) is 11.4 Å². The fourth-order valence-corrected chi connectivity index (χ4v) is 1.56. The van der Waals surface area contributed by atoms with Crippen molar-refractivity contribution in [2.75, 3.05) is 5.32 Å². The fraction of sp³-hybridized carbons (Fsp3) is 0.250. The molecule has 0 bridgehead atoms. The predicted molar refractivity (Wildman–Crippen MR) is 52.3 cm³/mol. The van der Waals surface area contributed by atoms with Crippen LogP contribution in [0.1, 0.15) is 12.1 Å². The standard InChI is InChI=1S/C8H7N3O3S/c9-2-1-6(12)11-8-10-5(4-15-8)3-7(13)14/h4H,1,3H2,(H,13,14)(H,10,11,12). The maximum atomic E-state index is 11.0. The number of nitrogens with zero attached hydrogens (tertiary/aromatic N) is 2. The van der Waals surface area contributed by atoms with E-state index >= 15 is 0 Å². The Kier molecular flexibility index (Phi) is 3.76. The Balaban J connectivity index is 2.57. The molecule has 2 N–H and O–H groups in total. The van der Waals surface area contributed by atoms with Crippen LogP contribution in [0, 0.1) is 11.3 Å². The zero-order valence-corrected chi connectivity index (χ0v) is 8.37. The largest absolute Gasteiger partial charge is 0.481 e. The third-order valence-electron chi connectivity index (χ3n) is 1.37. The highest BCUT2D eigenvalue weighted by Crippen LogP contribution is 2.15. The zero-order valence-electron chi connectivity index (χ0n) is 7.56. The van der Waals surface area contributed by atoms with Crippen molar-refractivity contribution in [2.45, 2.75) is 12.8 Å². The van der Waals surface area contributed by atoms with Gasteiger partial charge in [0.2, 0.25) is 5.91 Å². The highest BCUT2D eigenvalue weighted by atomic mass is 32.1. The second-order valence-electron chi connectivity index (χ2n) is 2.60. The number of carbonyl (C=O) groups excluding carboxylic acids is 1. The van der Waals surface area contributed by atoms with Gasteiger partial charge >= 0.3 is 5.97 Å². The van der Waals surface area contributed by atoms with Crippen molar-refractivity contribution < 1.29 is 14.7 Å². The van der Waals surface area contributed by atoms with E-state index < -0.39 is 11.9 Å². The minimum absolute atomic E-state index is 0.176. The predicted octanol–water partition coefficient (Wildman–Crippen LogP) is 0.622. The zero-order chi connectivity index (χ0) is 11.3. The number of nitrogens with one attached hydrogen (secondary N) is 1. The van der Waals surface area contributed by atoms with Gasteiger partial charge in [-0.1, -0.05) is 0 Å². The third-order valence-corrected chi connectivity index (χ3v) is 2.18. The molecule has 1 heterocycles. The molecule has 1 aromatic rings. The first kappa shape index (κ1) is 11.1. The van der Waals surface area contributed by atoms with E-state index in [9.17, 15) is 9.59 Å². The van der Waals surface area contributed by atoms with E-state index in [4.69, 9.17) is 10.4 Å². The average molecular weight is 225 g/mol. The molecule has 15 heavy (non-hydrogen) atoms. The van der Waals surface area contributed by atoms with Gasteiger partial charge < -0.3 is 10.4 Å². The molecule has 0 aliphatic heterocycles. The van der Waals surface area contributed by atoms with Gasteiger partial charge in [0.1, 0.15) is 6.42 Å². The van der Waals surface area contributed by atoms with E-state index in [0.717, 1.165) is 11.3 Å². The number of hydrogen-bond donors (Lipinski definition) is 2. The monoisotopic (exact) mass is 225 g/mol. The summed E-state index contributed by atoms with van der Waals surface area (Å²) in [6.45, 7) is 0. The van der Waals surface area contributed by atoms with Gasteiger partial charge in [0.25, 0.3) is 0 Å². The van der Waals surface area contributed by atoms with Crippen LogP contribution in [0.15, 0.2) is 5.38 Å². The SMILES string of the molecule is N#CCC(=O)Nc1nc(CC(=O)O)cs1. The molecule has 1 rings (SSSR count). The summed E-state index contributed by atoms with van der Waals surface area (Å²) in [5.74, 6) is -1.43. The summed E-state index contributed by atoms with van der Waals surface area (Å²) in [4.78, 5) is 25.2. The van der Waals surface area contributed by atoms with Crippen molar-refractivity contribution in [2.24, 2.45) is 0 Å². The minimum Gasteiger partial charge on any atom is -0.481 e. The van der Waals surface area contributed by atoms with Crippen LogP contribution in [0.4, 0.5) is 5.13 Å². The molecule has 1 amide bonds. The van der Waals surface area contributed by atoms with Crippen LogP contribution in [-0.2, 0) is 16.0 Å². The van der Waals surface area contributed by atoms with Gasteiger partial charge in [-0.2, -0.15) is 5.26 Å². The van der Waals surface area contributed by atoms with Gasteiger partial charge in [-0.25, -0.2) is 4.98 Å². The first-order valence-electron chi connectivity index (χ1n) is 3.95. The molecule has 1 aromatic heterocycles. The highest BCUT2D eigenvalue weighted by Gasteiger charge is 2.08. The first-order valence-corrected chi connectivity index (χ1v) is 4.83. The number of rotatable bonds is 4. The van der Waals surface area contributed by atoms with Crippen LogP contribution in [0.25, 0.3) is 0 Å². The number of nitriles is 1. The summed E-state index contributed by atoms with van der Waals surface area (Å²) in [5.41, 5.74) is 0.389. The lowest BCUT2D eigenvalue weighted by molar-refractivity contribution is -0.136. The molecule has 0 aromatic carbocycles. The Bertz CT molecular complexity index is 421. The molecular weight excluding hydrogens is 218 g/mol. The molecule has 0 saturated heterocycles. The van der Waals surface area contributed by atoms with E-state index in [2.05, 4.69) is 10.3 Å². The Hall–Kier alpha value is -1.94. The van der Waals surface area contributed by atoms with Crippen molar-refractivity contribution in [1.29, 1.82) is 5.26 Å². The number of amides is 1. The van der Waals surface area contributed by atoms with E-state index in [1.807, 2.05) is 0 Å². The Labute approximate surface area is 89.2 Å². The lowest BCUT2D eigenvalue weighted by Gasteiger charge is -1.95. The van der Waals surface area contributed by atoms with Crippen molar-refractivity contribution in [3.8, 4) is 6.07 Å². The summed E-state index contributed by atoms with van der Waals surface area (Å²) in [6.07, 6.45) is -0.418. The molecule has 7 heteroatoms. The molecule has 0 aliphatic rings. The smallest absolute Gasteiger partial charge is 0.309 e. The number of anilines is 1. The van der Waals surface area contributed by atoms with Crippen molar-refractivity contribution in [3.63, 3.8) is 0 Å². The topological polar surface area (TPSA) is 103 Å². The lowest BCUT2D eigenvalue weighted by atomic mass is 10.3. The lowest BCUT2D eigenvalue weighted by Crippen LogP contribution is -2.10. The third kappa shape index (κ3) is 3.74. The number of aliphatic carboxylic acids is 1. The van der Waals surface area contributed by atoms with Gasteiger partial charge in [0, 0.05) is 5.38 Å². The fourth-order valence-electron chi connectivity index (χ4n) is 0.836. The summed E-state index contributed by atoms with van der Waals surface area (Å²) in [7, 11) is 0. The quantitative estimate of drug-likeness (QED) is 0.781. The van der Waals surface area contributed by atoms with Crippen LogP contribution in [0.3, 0.4) is 0 Å². The van der Waals surface area contributed by atoms with Gasteiger partial charge in [0.05, 0.1) is 18.2 Å². The van der Waals surface area contributed by atoms with Gasteiger partial charge in [0.15, 0.2) is 5.13 Å². The number of carboxylic acids is 1. The van der Waals surface area contributed by atoms with E-state index in [1.165, 1.54) is 0 Å². The Morgan fingerprint density at radius 1 is 1.67 bits per heavy atom. The van der Waals surface area contributed by atoms with Gasteiger partial charge in [-0.3, -0.25) is 9.59 Å². The summed E-state index contributed by atoms with van der Waals surface area (Å²) >= 11 is 1.13. The normalized spacial score (nSPS) is 9.27. The number of carbonyl (C=O) groups is 2. The average Bonchev–Trinajstić information content (AvgIpc) is 2.51. The second-order valence-corrected chi connectivity index (χ2v) is 3.46. The molecule has 0 spiro atoms. The maximum absolute atomic E-state index is 11.0. The van der Waals surface area contributed by atoms with Crippen LogP contribution in [0.5, 0.6) is 0 Å². The molecule has 0 aliphatic carbocycles. The molecule has 6 nitrogen and oxygen atoms in total. The van der Waals surface area contributed by atoms with Crippen LogP contribution < -0.4 is 5.32 Å². The number of thiazole rings is 1. The van der Waals surface area contributed by atoms with Gasteiger partial charge in [-0.15, -0.1) is 11.3 Å². The Morgan fingerprint density at radius 3 is 3.00 bits per heavy atom. The molecule has 0 atom stereocenters. The second kappa shape index (κ2) is 5.07. The molecule has 0 fully saturated rings. The van der Waals surface area contributed by atoms with Crippen LogP contribution in [0.2, 0.25) is 0 Å². The molecular formula is C8H7N3O3S. The maximum Gasteiger partial charge on any atom is 0.309 e. The molecule has 0 radical (unpaired) electrons. The summed E-state index contributed by atoms with van der Waals surface area (Å²) < 4.78 is 0. The summed E-state index contributed by atoms with van der Waals surface area (Å²) in [6, 6.07) is 1.70. The van der Waals surface area contributed by atoms with E-state index in [-0.39, 0.29) is 12.8 Å². The molecule has 0 unspecified atom stereocenters. The van der Waals surface area contributed by atoms with Crippen molar-refractivity contribution in [3.05, 3.63) is 11.1 Å². The molecule has 78 valence electrons. The van der Waals surface area contributed by atoms with Crippen LogP contribution >= 0.6 is 11.3 Å². The first-order chi connectivity index (χ1) is 7.11. The number of aromatic nitrogens is 1. The van der Waals surface area contributed by atoms with Crippen molar-refractivity contribution >= 4 is 28.3 Å². The minimum atomic E-state index is -0.977. The Morgan fingerprint density at radius 2 is 2.40 bits per heavy atom. The van der Waals surface area contributed by atoms with Crippen molar-refractivity contribution in [1.82, 2.24) is 4.98 Å².